The molecule has 21 heavy (non-hydrogen) atoms. The van der Waals surface area contributed by atoms with E-state index >= 15 is 0 Å². The molecular weight excluding hydrogens is 272 g/mol. The second-order valence-electron chi connectivity index (χ2n) is 4.90. The smallest absolute Gasteiger partial charge is 0.319 e. The molecule has 6 nitrogen and oxygen atoms in total. The van der Waals surface area contributed by atoms with E-state index in [-0.39, 0.29) is 11.8 Å². The summed E-state index contributed by atoms with van der Waals surface area (Å²) in [5.74, 6) is -1.27. The van der Waals surface area contributed by atoms with Crippen molar-refractivity contribution >= 4 is 23.5 Å². The molecule has 1 atom stereocenters. The minimum atomic E-state index is -0.829. The van der Waals surface area contributed by atoms with E-state index in [0.717, 1.165) is 0 Å². The van der Waals surface area contributed by atoms with Gasteiger partial charge in [-0.05, 0) is 44.0 Å². The Kier molecular flexibility index (Phi) is 6.39. The van der Waals surface area contributed by atoms with Crippen molar-refractivity contribution in [1.29, 1.82) is 0 Å². The molecule has 0 saturated carbocycles. The summed E-state index contributed by atoms with van der Waals surface area (Å²) in [5, 5.41) is 14.0. The molecule has 2 amide bonds. The predicted octanol–water partition coefficient (Wildman–Crippen LogP) is 2.51. The SMILES string of the molecule is CC(=O)c1ccc(NC(=O)NCCCC(C)C(=O)O)cc1. The normalized spacial score (nSPS) is 11.5. The molecule has 0 saturated heterocycles. The Hall–Kier alpha value is -2.37. The fourth-order valence-corrected chi connectivity index (χ4v) is 1.70. The molecule has 0 radical (unpaired) electrons. The number of anilines is 1. The van der Waals surface area contributed by atoms with Gasteiger partial charge in [-0.1, -0.05) is 6.92 Å². The van der Waals surface area contributed by atoms with E-state index in [9.17, 15) is 14.4 Å². The zero-order valence-electron chi connectivity index (χ0n) is 12.2. The van der Waals surface area contributed by atoms with Gasteiger partial charge in [-0.15, -0.1) is 0 Å². The van der Waals surface area contributed by atoms with Crippen LogP contribution in [0.2, 0.25) is 0 Å². The quantitative estimate of drug-likeness (QED) is 0.531. The number of amides is 2. The van der Waals surface area contributed by atoms with Crippen molar-refractivity contribution in [2.45, 2.75) is 26.7 Å². The van der Waals surface area contributed by atoms with E-state index in [1.807, 2.05) is 0 Å². The summed E-state index contributed by atoms with van der Waals surface area (Å²) in [5.41, 5.74) is 1.18. The molecule has 6 heteroatoms. The van der Waals surface area contributed by atoms with Crippen LogP contribution in [0.3, 0.4) is 0 Å². The van der Waals surface area contributed by atoms with E-state index < -0.39 is 11.9 Å². The summed E-state index contributed by atoms with van der Waals surface area (Å²) in [6, 6.07) is 6.25. The van der Waals surface area contributed by atoms with Crippen LogP contribution in [0.4, 0.5) is 10.5 Å². The Labute approximate surface area is 123 Å². The first-order valence-electron chi connectivity index (χ1n) is 6.79. The molecule has 0 aromatic heterocycles. The van der Waals surface area contributed by atoms with Crippen LogP contribution in [-0.4, -0.2) is 29.4 Å². The number of carbonyl (C=O) groups is 3. The molecule has 114 valence electrons. The van der Waals surface area contributed by atoms with Crippen LogP contribution in [0.25, 0.3) is 0 Å². The molecule has 0 fully saturated rings. The van der Waals surface area contributed by atoms with Crippen LogP contribution in [0.5, 0.6) is 0 Å². The average molecular weight is 292 g/mol. The maximum Gasteiger partial charge on any atom is 0.319 e. The van der Waals surface area contributed by atoms with Crippen LogP contribution >= 0.6 is 0 Å². The van der Waals surface area contributed by atoms with Gasteiger partial charge >= 0.3 is 12.0 Å². The molecule has 1 aromatic rings. The van der Waals surface area contributed by atoms with Gasteiger partial charge in [-0.2, -0.15) is 0 Å². The highest BCUT2D eigenvalue weighted by Gasteiger charge is 2.10. The summed E-state index contributed by atoms with van der Waals surface area (Å²) in [4.78, 5) is 33.3. The van der Waals surface area contributed by atoms with Gasteiger partial charge in [-0.3, -0.25) is 9.59 Å². The number of carboxylic acids is 1. The van der Waals surface area contributed by atoms with Crippen LogP contribution in [-0.2, 0) is 4.79 Å². The highest BCUT2D eigenvalue weighted by atomic mass is 16.4. The number of hydrogen-bond acceptors (Lipinski definition) is 3. The number of urea groups is 1. The number of benzene rings is 1. The third-order valence-electron chi connectivity index (χ3n) is 3.07. The van der Waals surface area contributed by atoms with Gasteiger partial charge in [0, 0.05) is 17.8 Å². The van der Waals surface area contributed by atoms with Gasteiger partial charge in [-0.25, -0.2) is 4.79 Å². The Morgan fingerprint density at radius 1 is 1.19 bits per heavy atom. The third kappa shape index (κ3) is 6.07. The van der Waals surface area contributed by atoms with Gasteiger partial charge in [0.05, 0.1) is 5.92 Å². The number of hydrogen-bond donors (Lipinski definition) is 3. The lowest BCUT2D eigenvalue weighted by molar-refractivity contribution is -0.141. The molecule has 1 unspecified atom stereocenters. The Balaban J connectivity index is 2.30. The molecule has 1 rings (SSSR count). The minimum absolute atomic E-state index is 0.0291. The van der Waals surface area contributed by atoms with Crippen molar-refractivity contribution in [3.63, 3.8) is 0 Å². The first-order valence-corrected chi connectivity index (χ1v) is 6.79. The first-order chi connectivity index (χ1) is 9.90. The largest absolute Gasteiger partial charge is 0.481 e. The van der Waals surface area contributed by atoms with Gasteiger partial charge in [0.2, 0.25) is 0 Å². The number of Topliss-reactive ketones (excluding diaryl/α,β-unsaturated/α-hetero) is 1. The van der Waals surface area contributed by atoms with Crippen LogP contribution in [0.1, 0.15) is 37.0 Å². The zero-order valence-corrected chi connectivity index (χ0v) is 12.2. The molecule has 1 aromatic carbocycles. The molecule has 0 heterocycles. The highest BCUT2D eigenvalue weighted by Crippen LogP contribution is 2.10. The van der Waals surface area contributed by atoms with Crippen molar-refractivity contribution in [3.05, 3.63) is 29.8 Å². The molecule has 3 N–H and O–H groups in total. The Bertz CT molecular complexity index is 511. The number of ketones is 1. The molecule has 0 aliphatic rings. The van der Waals surface area contributed by atoms with Gasteiger partial charge in [0.15, 0.2) is 5.78 Å². The standard InChI is InChI=1S/C15H20N2O4/c1-10(14(19)20)4-3-9-16-15(21)17-13-7-5-12(6-8-13)11(2)18/h5-8,10H,3-4,9H2,1-2H3,(H,19,20)(H2,16,17,21). The van der Waals surface area contributed by atoms with E-state index in [1.165, 1.54) is 6.92 Å². The van der Waals surface area contributed by atoms with Crippen molar-refractivity contribution < 1.29 is 19.5 Å². The summed E-state index contributed by atoms with van der Waals surface area (Å²) in [6.07, 6.45) is 1.12. The number of aliphatic carboxylic acids is 1. The van der Waals surface area contributed by atoms with E-state index in [2.05, 4.69) is 10.6 Å². The van der Waals surface area contributed by atoms with Gasteiger partial charge < -0.3 is 15.7 Å². The monoisotopic (exact) mass is 292 g/mol. The van der Waals surface area contributed by atoms with Crippen LogP contribution in [0.15, 0.2) is 24.3 Å². The molecule has 0 spiro atoms. The maximum absolute atomic E-state index is 11.6. The molecule has 0 aliphatic carbocycles. The second kappa shape index (κ2) is 8.04. The van der Waals surface area contributed by atoms with Crippen LogP contribution < -0.4 is 10.6 Å². The predicted molar refractivity (Wildman–Crippen MR) is 79.5 cm³/mol. The maximum atomic E-state index is 11.6. The summed E-state index contributed by atoms with van der Waals surface area (Å²) >= 11 is 0. The topological polar surface area (TPSA) is 95.5 Å². The van der Waals surface area contributed by atoms with Crippen molar-refractivity contribution in [1.82, 2.24) is 5.32 Å². The highest BCUT2D eigenvalue weighted by molar-refractivity contribution is 5.95. The third-order valence-corrected chi connectivity index (χ3v) is 3.07. The lowest BCUT2D eigenvalue weighted by Crippen LogP contribution is -2.29. The minimum Gasteiger partial charge on any atom is -0.481 e. The van der Waals surface area contributed by atoms with Crippen molar-refractivity contribution in [3.8, 4) is 0 Å². The summed E-state index contributed by atoms with van der Waals surface area (Å²) in [6.45, 7) is 3.53. The van der Waals surface area contributed by atoms with Gasteiger partial charge in [0.1, 0.15) is 0 Å². The molecule has 0 aliphatic heterocycles. The first kappa shape index (κ1) is 16.7. The second-order valence-corrected chi connectivity index (χ2v) is 4.90. The fraction of sp³-hybridized carbons (Fsp3) is 0.400. The van der Waals surface area contributed by atoms with Crippen molar-refractivity contribution in [2.75, 3.05) is 11.9 Å². The molecular formula is C15H20N2O4. The summed E-state index contributed by atoms with van der Waals surface area (Å²) in [7, 11) is 0. The number of carbonyl (C=O) groups excluding carboxylic acids is 2. The van der Waals surface area contributed by atoms with Gasteiger partial charge in [0.25, 0.3) is 0 Å². The Morgan fingerprint density at radius 3 is 2.33 bits per heavy atom. The number of nitrogens with one attached hydrogen (secondary N) is 2. The van der Waals surface area contributed by atoms with E-state index in [0.29, 0.717) is 30.6 Å². The van der Waals surface area contributed by atoms with E-state index in [1.54, 1.807) is 31.2 Å². The lowest BCUT2D eigenvalue weighted by atomic mass is 10.1. The zero-order chi connectivity index (χ0) is 15.8. The van der Waals surface area contributed by atoms with Crippen molar-refractivity contribution in [2.24, 2.45) is 5.92 Å². The average Bonchev–Trinajstić information content (AvgIpc) is 2.43. The Morgan fingerprint density at radius 2 is 1.81 bits per heavy atom. The fourth-order valence-electron chi connectivity index (χ4n) is 1.70. The lowest BCUT2D eigenvalue weighted by Gasteiger charge is -2.09. The van der Waals surface area contributed by atoms with Crippen LogP contribution in [0, 0.1) is 5.92 Å². The number of rotatable bonds is 7. The molecule has 0 bridgehead atoms. The summed E-state index contributed by atoms with van der Waals surface area (Å²) < 4.78 is 0. The number of carboxylic acid groups (broad SMARTS) is 1. The van der Waals surface area contributed by atoms with E-state index in [4.69, 9.17) is 5.11 Å².